The predicted molar refractivity (Wildman–Crippen MR) is 101 cm³/mol. The molecular formula is C20H22F2N2O4. The van der Waals surface area contributed by atoms with Crippen LogP contribution in [0.15, 0.2) is 36.4 Å². The summed E-state index contributed by atoms with van der Waals surface area (Å²) in [4.78, 5) is 25.6. The highest BCUT2D eigenvalue weighted by Gasteiger charge is 2.19. The average Bonchev–Trinajstić information content (AvgIpc) is 2.63. The molecule has 1 N–H and O–H groups in total. The molecule has 2 aromatic rings. The van der Waals surface area contributed by atoms with E-state index in [-0.39, 0.29) is 12.1 Å². The van der Waals surface area contributed by atoms with Crippen LogP contribution in [0.5, 0.6) is 11.5 Å². The summed E-state index contributed by atoms with van der Waals surface area (Å²) in [5.74, 6) is -1.93. The van der Waals surface area contributed by atoms with Gasteiger partial charge in [0.05, 0.1) is 25.3 Å². The van der Waals surface area contributed by atoms with Crippen LogP contribution in [-0.4, -0.2) is 43.5 Å². The molecule has 0 aliphatic heterocycles. The van der Waals surface area contributed by atoms with Crippen LogP contribution >= 0.6 is 0 Å². The molecule has 2 aromatic carbocycles. The molecule has 0 spiro atoms. The summed E-state index contributed by atoms with van der Waals surface area (Å²) in [7, 11) is 1.36. The lowest BCUT2D eigenvalue weighted by atomic mass is 10.2. The zero-order chi connectivity index (χ0) is 20.7. The van der Waals surface area contributed by atoms with Crippen molar-refractivity contribution in [2.24, 2.45) is 0 Å². The van der Waals surface area contributed by atoms with Gasteiger partial charge in [0, 0.05) is 24.9 Å². The number of halogens is 2. The van der Waals surface area contributed by atoms with Crippen LogP contribution in [0.4, 0.5) is 14.5 Å². The predicted octanol–water partition coefficient (Wildman–Crippen LogP) is 3.47. The molecule has 150 valence electrons. The van der Waals surface area contributed by atoms with Crippen molar-refractivity contribution in [1.29, 1.82) is 0 Å². The second-order valence-electron chi connectivity index (χ2n) is 5.86. The van der Waals surface area contributed by atoms with E-state index in [1.165, 1.54) is 7.05 Å². The van der Waals surface area contributed by atoms with E-state index in [0.717, 1.165) is 17.0 Å². The molecule has 0 saturated carbocycles. The molecule has 0 saturated heterocycles. The summed E-state index contributed by atoms with van der Waals surface area (Å²) in [6.07, 6.45) is 0. The van der Waals surface area contributed by atoms with Crippen LogP contribution in [0, 0.1) is 11.6 Å². The maximum absolute atomic E-state index is 13.7. The SMILES string of the molecule is CCOc1ccc(NC(=O)CN(C)C(=O)c2ccc(F)cc2F)cc1OCC. The summed E-state index contributed by atoms with van der Waals surface area (Å²) >= 11 is 0. The average molecular weight is 392 g/mol. The van der Waals surface area contributed by atoms with Gasteiger partial charge in [-0.25, -0.2) is 8.78 Å². The minimum Gasteiger partial charge on any atom is -0.490 e. The fourth-order valence-corrected chi connectivity index (χ4v) is 2.49. The lowest BCUT2D eigenvalue weighted by Crippen LogP contribution is -2.35. The molecular weight excluding hydrogens is 370 g/mol. The molecule has 6 nitrogen and oxygen atoms in total. The Kier molecular flexibility index (Phi) is 7.31. The fraction of sp³-hybridized carbons (Fsp3) is 0.300. The Morgan fingerprint density at radius 3 is 2.32 bits per heavy atom. The van der Waals surface area contributed by atoms with Gasteiger partial charge in [-0.15, -0.1) is 0 Å². The Labute approximate surface area is 162 Å². The highest BCUT2D eigenvalue weighted by Crippen LogP contribution is 2.30. The number of hydrogen-bond acceptors (Lipinski definition) is 4. The molecule has 0 aliphatic carbocycles. The molecule has 0 bridgehead atoms. The van der Waals surface area contributed by atoms with Crippen LogP contribution in [0.25, 0.3) is 0 Å². The smallest absolute Gasteiger partial charge is 0.257 e. The van der Waals surface area contributed by atoms with Crippen LogP contribution in [0.1, 0.15) is 24.2 Å². The van der Waals surface area contributed by atoms with Gasteiger partial charge >= 0.3 is 0 Å². The van der Waals surface area contributed by atoms with Gasteiger partial charge in [0.2, 0.25) is 5.91 Å². The molecule has 8 heteroatoms. The Morgan fingerprint density at radius 2 is 1.68 bits per heavy atom. The number of benzene rings is 2. The lowest BCUT2D eigenvalue weighted by Gasteiger charge is -2.18. The first-order chi connectivity index (χ1) is 13.3. The van der Waals surface area contributed by atoms with E-state index in [0.29, 0.717) is 36.5 Å². The maximum Gasteiger partial charge on any atom is 0.257 e. The zero-order valence-electron chi connectivity index (χ0n) is 15.9. The second-order valence-corrected chi connectivity index (χ2v) is 5.86. The van der Waals surface area contributed by atoms with Crippen molar-refractivity contribution in [3.63, 3.8) is 0 Å². The first kappa shape index (κ1) is 21.1. The van der Waals surface area contributed by atoms with Crippen molar-refractivity contribution in [2.75, 3.05) is 32.1 Å². The van der Waals surface area contributed by atoms with Crippen molar-refractivity contribution in [3.8, 4) is 11.5 Å². The Hall–Kier alpha value is -3.16. The maximum atomic E-state index is 13.7. The summed E-state index contributed by atoms with van der Waals surface area (Å²) < 4.78 is 37.7. The minimum atomic E-state index is -0.981. The highest BCUT2D eigenvalue weighted by molar-refractivity contribution is 5.99. The third kappa shape index (κ3) is 5.42. The number of amides is 2. The number of ether oxygens (including phenoxy) is 2. The molecule has 28 heavy (non-hydrogen) atoms. The molecule has 0 radical (unpaired) electrons. The van der Waals surface area contributed by atoms with Gasteiger partial charge in [-0.1, -0.05) is 0 Å². The monoisotopic (exact) mass is 392 g/mol. The number of carbonyl (C=O) groups excluding carboxylic acids is 2. The molecule has 0 heterocycles. The number of likely N-dealkylation sites (N-methyl/N-ethyl adjacent to an activating group) is 1. The second kappa shape index (κ2) is 9.68. The third-order valence-corrected chi connectivity index (χ3v) is 3.72. The quantitative estimate of drug-likeness (QED) is 0.747. The van der Waals surface area contributed by atoms with Crippen LogP contribution in [-0.2, 0) is 4.79 Å². The number of nitrogens with zero attached hydrogens (tertiary/aromatic N) is 1. The number of anilines is 1. The summed E-state index contributed by atoms with van der Waals surface area (Å²) in [6.45, 7) is 4.27. The van der Waals surface area contributed by atoms with Crippen LogP contribution in [0.3, 0.4) is 0 Å². The van der Waals surface area contributed by atoms with E-state index in [1.54, 1.807) is 18.2 Å². The van der Waals surface area contributed by atoms with E-state index in [2.05, 4.69) is 5.32 Å². The first-order valence-electron chi connectivity index (χ1n) is 8.75. The van der Waals surface area contributed by atoms with Crippen LogP contribution < -0.4 is 14.8 Å². The molecule has 0 fully saturated rings. The normalized spacial score (nSPS) is 10.3. The van der Waals surface area contributed by atoms with Crippen molar-refractivity contribution in [3.05, 3.63) is 53.6 Å². The number of nitrogens with one attached hydrogen (secondary N) is 1. The van der Waals surface area contributed by atoms with Gasteiger partial charge in [0.1, 0.15) is 11.6 Å². The standard InChI is InChI=1S/C20H22F2N2O4/c1-4-27-17-9-7-14(11-18(17)28-5-2)23-19(25)12-24(3)20(26)15-8-6-13(21)10-16(15)22/h6-11H,4-5,12H2,1-3H3,(H,23,25). The van der Waals surface area contributed by atoms with Gasteiger partial charge < -0.3 is 19.7 Å². The van der Waals surface area contributed by atoms with Crippen molar-refractivity contribution in [2.45, 2.75) is 13.8 Å². The van der Waals surface area contributed by atoms with Crippen molar-refractivity contribution >= 4 is 17.5 Å². The molecule has 0 aromatic heterocycles. The Bertz CT molecular complexity index is 858. The van der Waals surface area contributed by atoms with E-state index < -0.39 is 23.4 Å². The minimum absolute atomic E-state index is 0.309. The Balaban J connectivity index is 2.04. The zero-order valence-corrected chi connectivity index (χ0v) is 15.9. The molecule has 2 amide bonds. The van der Waals surface area contributed by atoms with Gasteiger partial charge in [-0.2, -0.15) is 0 Å². The number of carbonyl (C=O) groups is 2. The summed E-state index contributed by atoms with van der Waals surface area (Å²) in [5.41, 5.74) is 0.155. The molecule has 0 atom stereocenters. The van der Waals surface area contributed by atoms with Gasteiger partial charge in [0.15, 0.2) is 11.5 Å². The van der Waals surface area contributed by atoms with Gasteiger partial charge in [-0.05, 0) is 38.1 Å². The highest BCUT2D eigenvalue weighted by atomic mass is 19.1. The van der Waals surface area contributed by atoms with E-state index >= 15 is 0 Å². The van der Waals surface area contributed by atoms with Crippen LogP contribution in [0.2, 0.25) is 0 Å². The van der Waals surface area contributed by atoms with Crippen molar-refractivity contribution < 1.29 is 27.8 Å². The largest absolute Gasteiger partial charge is 0.490 e. The van der Waals surface area contributed by atoms with Gasteiger partial charge in [0.25, 0.3) is 5.91 Å². The molecule has 2 rings (SSSR count). The molecule has 0 aliphatic rings. The van der Waals surface area contributed by atoms with E-state index in [4.69, 9.17) is 9.47 Å². The molecule has 0 unspecified atom stereocenters. The third-order valence-electron chi connectivity index (χ3n) is 3.72. The summed E-state index contributed by atoms with van der Waals surface area (Å²) in [5, 5.41) is 2.65. The van der Waals surface area contributed by atoms with Crippen molar-refractivity contribution in [1.82, 2.24) is 4.90 Å². The lowest BCUT2D eigenvalue weighted by molar-refractivity contribution is -0.116. The topological polar surface area (TPSA) is 67.9 Å². The fourth-order valence-electron chi connectivity index (χ4n) is 2.49. The summed E-state index contributed by atoms with van der Waals surface area (Å²) in [6, 6.07) is 7.59. The number of hydrogen-bond donors (Lipinski definition) is 1. The first-order valence-corrected chi connectivity index (χ1v) is 8.75. The van der Waals surface area contributed by atoms with Gasteiger partial charge in [-0.3, -0.25) is 9.59 Å². The van der Waals surface area contributed by atoms with E-state index in [1.807, 2.05) is 13.8 Å². The Morgan fingerprint density at radius 1 is 1.00 bits per heavy atom. The number of rotatable bonds is 8. The van der Waals surface area contributed by atoms with E-state index in [9.17, 15) is 18.4 Å².